The molecule has 0 aromatic heterocycles. The van der Waals surface area contributed by atoms with Crippen molar-refractivity contribution in [3.05, 3.63) is 0 Å². The normalized spacial score (nSPS) is 34.1. The van der Waals surface area contributed by atoms with E-state index < -0.39 is 8.80 Å². The van der Waals surface area contributed by atoms with Gasteiger partial charge in [-0.2, -0.15) is 0 Å². The van der Waals surface area contributed by atoms with Gasteiger partial charge < -0.3 is 18.0 Å². The summed E-state index contributed by atoms with van der Waals surface area (Å²) in [6.45, 7) is 10.3. The third kappa shape index (κ3) is 3.21. The van der Waals surface area contributed by atoms with Gasteiger partial charge in [0.05, 0.1) is 17.7 Å². The molecule has 0 radical (unpaired) electrons. The maximum Gasteiger partial charge on any atom is 0.506 e. The van der Waals surface area contributed by atoms with Crippen LogP contribution in [0.2, 0.25) is 5.54 Å². The van der Waals surface area contributed by atoms with Crippen LogP contribution in [0.15, 0.2) is 0 Å². The summed E-state index contributed by atoms with van der Waals surface area (Å²) in [5, 5.41) is 0. The van der Waals surface area contributed by atoms with E-state index in [1.807, 2.05) is 20.8 Å². The summed E-state index contributed by atoms with van der Waals surface area (Å²) < 4.78 is 24.0. The molecule has 1 aliphatic carbocycles. The van der Waals surface area contributed by atoms with Crippen molar-refractivity contribution in [1.82, 2.24) is 0 Å². The first kappa shape index (κ1) is 15.4. The largest absolute Gasteiger partial charge is 0.506 e. The lowest BCUT2D eigenvalue weighted by Gasteiger charge is -2.37. The minimum Gasteiger partial charge on any atom is -0.374 e. The Balaban J connectivity index is 2.15. The molecule has 2 rings (SSSR count). The van der Waals surface area contributed by atoms with Crippen molar-refractivity contribution < 1.29 is 18.0 Å². The number of hydrogen-bond acceptors (Lipinski definition) is 4. The first-order valence-corrected chi connectivity index (χ1v) is 9.58. The molecule has 0 bridgehead atoms. The lowest BCUT2D eigenvalue weighted by Crippen LogP contribution is -2.53. The molecule has 0 N–H and O–H groups in total. The molecular weight excluding hydrogens is 260 g/mol. The smallest absolute Gasteiger partial charge is 0.374 e. The number of hydrogen-bond donors (Lipinski definition) is 0. The van der Waals surface area contributed by atoms with Crippen LogP contribution in [0.25, 0.3) is 0 Å². The van der Waals surface area contributed by atoms with Gasteiger partial charge in [0.2, 0.25) is 0 Å². The van der Waals surface area contributed by atoms with Crippen LogP contribution in [0.1, 0.15) is 47.0 Å². The van der Waals surface area contributed by atoms with Gasteiger partial charge in [0.25, 0.3) is 0 Å². The fraction of sp³-hybridized carbons (Fsp3) is 1.00. The second-order valence-electron chi connectivity index (χ2n) is 5.39. The van der Waals surface area contributed by atoms with Crippen molar-refractivity contribution >= 4 is 8.80 Å². The summed E-state index contributed by atoms with van der Waals surface area (Å²) in [6, 6.07) is 0. The third-order valence-electron chi connectivity index (χ3n) is 4.24. The third-order valence-corrected chi connectivity index (χ3v) is 7.78. The van der Waals surface area contributed by atoms with Crippen molar-refractivity contribution in [3.63, 3.8) is 0 Å². The predicted molar refractivity (Wildman–Crippen MR) is 76.1 cm³/mol. The molecule has 0 aromatic carbocycles. The second kappa shape index (κ2) is 6.67. The van der Waals surface area contributed by atoms with Crippen LogP contribution >= 0.6 is 0 Å². The van der Waals surface area contributed by atoms with Gasteiger partial charge in [-0.15, -0.1) is 0 Å². The van der Waals surface area contributed by atoms with E-state index >= 15 is 0 Å². The Bertz CT molecular complexity index is 270. The molecule has 2 aliphatic rings. The van der Waals surface area contributed by atoms with Crippen molar-refractivity contribution in [3.8, 4) is 0 Å². The van der Waals surface area contributed by atoms with Gasteiger partial charge in [-0.25, -0.2) is 0 Å². The van der Waals surface area contributed by atoms with E-state index in [1.165, 1.54) is 12.8 Å². The Morgan fingerprint density at radius 3 is 2.00 bits per heavy atom. The van der Waals surface area contributed by atoms with Crippen molar-refractivity contribution in [2.24, 2.45) is 5.92 Å². The summed E-state index contributed by atoms with van der Waals surface area (Å²) >= 11 is 0. The maximum atomic E-state index is 6.05. The molecule has 1 saturated heterocycles. The second-order valence-corrected chi connectivity index (χ2v) is 8.21. The van der Waals surface area contributed by atoms with Crippen LogP contribution in [0, 0.1) is 5.92 Å². The Kier molecular flexibility index (Phi) is 5.43. The molecule has 4 unspecified atom stereocenters. The van der Waals surface area contributed by atoms with Crippen LogP contribution in [0.4, 0.5) is 0 Å². The van der Waals surface area contributed by atoms with Crippen molar-refractivity contribution in [2.75, 3.05) is 19.8 Å². The SMILES string of the molecule is CCO[Si](OCC)(OCC)C1CC(CC)CC2OC21. The minimum atomic E-state index is -2.60. The standard InChI is InChI=1S/C14H28O4Si/c1-5-11-9-12-14(18-12)13(10-11)19(15-6-2,16-7-3)17-8-4/h11-14H,5-10H2,1-4H3. The average molecular weight is 288 g/mol. The number of epoxide rings is 1. The molecule has 0 spiro atoms. The molecule has 1 saturated carbocycles. The van der Waals surface area contributed by atoms with Gasteiger partial charge >= 0.3 is 8.80 Å². The zero-order valence-electron chi connectivity index (χ0n) is 12.7. The quantitative estimate of drug-likeness (QED) is 0.508. The predicted octanol–water partition coefficient (Wildman–Crippen LogP) is 2.99. The van der Waals surface area contributed by atoms with Gasteiger partial charge in [-0.05, 0) is 39.5 Å². The number of rotatable bonds is 8. The topological polar surface area (TPSA) is 40.2 Å². The number of fused-ring (bicyclic) bond motifs is 1. The fourth-order valence-electron chi connectivity index (χ4n) is 3.35. The number of ether oxygens (including phenoxy) is 1. The van der Waals surface area contributed by atoms with Crippen LogP contribution in [-0.2, 0) is 18.0 Å². The van der Waals surface area contributed by atoms with E-state index in [4.69, 9.17) is 18.0 Å². The summed E-state index contributed by atoms with van der Waals surface area (Å²) in [7, 11) is -2.60. The molecule has 1 heterocycles. The highest BCUT2D eigenvalue weighted by Crippen LogP contribution is 2.52. The van der Waals surface area contributed by atoms with Crippen LogP contribution in [0.5, 0.6) is 0 Å². The minimum absolute atomic E-state index is 0.319. The molecule has 1 aliphatic heterocycles. The van der Waals surface area contributed by atoms with Gasteiger partial charge in [-0.3, -0.25) is 0 Å². The van der Waals surface area contributed by atoms with Gasteiger partial charge in [0.15, 0.2) is 0 Å². The Labute approximate surface area is 118 Å². The highest BCUT2D eigenvalue weighted by Gasteiger charge is 2.63. The van der Waals surface area contributed by atoms with E-state index in [1.54, 1.807) is 0 Å². The molecule has 4 nitrogen and oxygen atoms in total. The molecule has 112 valence electrons. The average Bonchev–Trinajstić information content (AvgIpc) is 3.17. The van der Waals surface area contributed by atoms with E-state index in [2.05, 4.69) is 6.92 Å². The molecular formula is C14H28O4Si. The lowest BCUT2D eigenvalue weighted by atomic mass is 9.87. The summed E-state index contributed by atoms with van der Waals surface area (Å²) in [4.78, 5) is 0. The fourth-order valence-corrected chi connectivity index (χ4v) is 6.76. The van der Waals surface area contributed by atoms with E-state index in [0.29, 0.717) is 37.6 Å². The van der Waals surface area contributed by atoms with E-state index in [9.17, 15) is 0 Å². The highest BCUT2D eigenvalue weighted by atomic mass is 28.4. The molecule has 0 aromatic rings. The monoisotopic (exact) mass is 288 g/mol. The Morgan fingerprint density at radius 1 is 0.947 bits per heavy atom. The van der Waals surface area contributed by atoms with Gasteiger partial charge in [0.1, 0.15) is 0 Å². The van der Waals surface area contributed by atoms with Crippen LogP contribution in [-0.4, -0.2) is 40.8 Å². The van der Waals surface area contributed by atoms with Gasteiger partial charge in [-0.1, -0.05) is 13.3 Å². The zero-order valence-corrected chi connectivity index (χ0v) is 13.7. The Morgan fingerprint density at radius 2 is 1.53 bits per heavy atom. The summed E-state index contributed by atoms with van der Waals surface area (Å²) in [5.41, 5.74) is 0.330. The first-order valence-electron chi connectivity index (χ1n) is 7.77. The molecule has 2 fully saturated rings. The maximum absolute atomic E-state index is 6.05. The highest BCUT2D eigenvalue weighted by molar-refractivity contribution is 6.62. The zero-order chi connectivity index (χ0) is 13.9. The summed E-state index contributed by atoms with van der Waals surface area (Å²) in [5.74, 6) is 0.724. The van der Waals surface area contributed by atoms with E-state index in [0.717, 1.165) is 12.3 Å². The van der Waals surface area contributed by atoms with Crippen molar-refractivity contribution in [1.29, 1.82) is 0 Å². The summed E-state index contributed by atoms with van der Waals surface area (Å²) in [6.07, 6.45) is 4.28. The van der Waals surface area contributed by atoms with E-state index in [-0.39, 0.29) is 0 Å². The lowest BCUT2D eigenvalue weighted by molar-refractivity contribution is 0.0531. The molecule has 5 heteroatoms. The molecule has 0 amide bonds. The Hall–Kier alpha value is 0.0569. The first-order chi connectivity index (χ1) is 9.20. The van der Waals surface area contributed by atoms with Crippen LogP contribution < -0.4 is 0 Å². The van der Waals surface area contributed by atoms with Crippen molar-refractivity contribution in [2.45, 2.75) is 64.7 Å². The molecule has 4 atom stereocenters. The van der Waals surface area contributed by atoms with Gasteiger partial charge in [0, 0.05) is 19.8 Å². The molecule has 19 heavy (non-hydrogen) atoms. The van der Waals surface area contributed by atoms with Crippen LogP contribution in [0.3, 0.4) is 0 Å².